The number of hydrogen-bond acceptors (Lipinski definition) is 8. The molecule has 1 amide bonds. The van der Waals surface area contributed by atoms with Gasteiger partial charge in [0, 0.05) is 19.3 Å². The van der Waals surface area contributed by atoms with E-state index in [-0.39, 0.29) is 11.5 Å². The van der Waals surface area contributed by atoms with Crippen LogP contribution in [0.25, 0.3) is 11.4 Å². The molecular formula is C21H19F2N7O3. The van der Waals surface area contributed by atoms with Crippen LogP contribution in [0.3, 0.4) is 0 Å². The van der Waals surface area contributed by atoms with Crippen LogP contribution < -0.4 is 10.6 Å². The molecule has 0 radical (unpaired) electrons. The number of oxazole rings is 1. The van der Waals surface area contributed by atoms with Crippen LogP contribution in [0.15, 0.2) is 47.3 Å². The van der Waals surface area contributed by atoms with Gasteiger partial charge < -0.3 is 20.2 Å². The summed E-state index contributed by atoms with van der Waals surface area (Å²) in [5, 5.41) is 19.2. The Hall–Kier alpha value is -4.19. The number of nitrogens with zero attached hydrogens (tertiary/aromatic N) is 5. The highest BCUT2D eigenvalue weighted by Crippen LogP contribution is 2.23. The van der Waals surface area contributed by atoms with Crippen LogP contribution in [0.2, 0.25) is 0 Å². The molecule has 0 aliphatic rings. The van der Waals surface area contributed by atoms with E-state index in [0.717, 1.165) is 12.1 Å². The quantitative estimate of drug-likeness (QED) is 0.388. The van der Waals surface area contributed by atoms with E-state index in [2.05, 4.69) is 30.7 Å². The SMILES string of the molecule is Cc1cnc(Nc2ccnn2C)nc1-c1coc(C(=O)N[C@H](CO)c2ccc(F)c(F)c2)n1. The first-order chi connectivity index (χ1) is 15.9. The normalized spacial score (nSPS) is 11.9. The minimum Gasteiger partial charge on any atom is -0.440 e. The summed E-state index contributed by atoms with van der Waals surface area (Å²) in [5.74, 6) is -2.18. The molecule has 33 heavy (non-hydrogen) atoms. The highest BCUT2D eigenvalue weighted by Gasteiger charge is 2.21. The molecule has 0 saturated carbocycles. The van der Waals surface area contributed by atoms with Crippen molar-refractivity contribution in [2.24, 2.45) is 7.05 Å². The number of carbonyl (C=O) groups is 1. The second-order valence-corrected chi connectivity index (χ2v) is 7.11. The summed E-state index contributed by atoms with van der Waals surface area (Å²) in [4.78, 5) is 25.4. The molecule has 10 nitrogen and oxygen atoms in total. The summed E-state index contributed by atoms with van der Waals surface area (Å²) >= 11 is 0. The number of benzene rings is 1. The summed E-state index contributed by atoms with van der Waals surface area (Å²) in [7, 11) is 1.76. The summed E-state index contributed by atoms with van der Waals surface area (Å²) in [6, 6.07) is 3.85. The van der Waals surface area contributed by atoms with Crippen LogP contribution in [0.1, 0.15) is 27.9 Å². The van der Waals surface area contributed by atoms with E-state index in [0.29, 0.717) is 28.7 Å². The van der Waals surface area contributed by atoms with Crippen molar-refractivity contribution in [2.45, 2.75) is 13.0 Å². The average Bonchev–Trinajstić information content (AvgIpc) is 3.45. The summed E-state index contributed by atoms with van der Waals surface area (Å²) in [6.07, 6.45) is 4.49. The Morgan fingerprint density at radius 2 is 2.06 bits per heavy atom. The minimum absolute atomic E-state index is 0.189. The largest absolute Gasteiger partial charge is 0.440 e. The monoisotopic (exact) mass is 455 g/mol. The lowest BCUT2D eigenvalue weighted by Gasteiger charge is -2.15. The highest BCUT2D eigenvalue weighted by atomic mass is 19.2. The van der Waals surface area contributed by atoms with Crippen LogP contribution in [0.4, 0.5) is 20.5 Å². The molecule has 0 unspecified atom stereocenters. The smallest absolute Gasteiger partial charge is 0.307 e. The van der Waals surface area contributed by atoms with E-state index in [1.54, 1.807) is 37.1 Å². The van der Waals surface area contributed by atoms with Gasteiger partial charge in [0.15, 0.2) is 11.6 Å². The molecule has 0 aliphatic heterocycles. The summed E-state index contributed by atoms with van der Waals surface area (Å²) in [5.41, 5.74) is 1.62. The van der Waals surface area contributed by atoms with Gasteiger partial charge in [-0.15, -0.1) is 0 Å². The van der Waals surface area contributed by atoms with Gasteiger partial charge in [-0.3, -0.25) is 9.48 Å². The molecule has 3 N–H and O–H groups in total. The van der Waals surface area contributed by atoms with E-state index in [1.165, 1.54) is 12.3 Å². The lowest BCUT2D eigenvalue weighted by molar-refractivity contribution is 0.0881. The number of nitrogens with one attached hydrogen (secondary N) is 2. The number of hydrogen-bond donors (Lipinski definition) is 3. The Labute approximate surface area is 186 Å². The number of amides is 1. The Balaban J connectivity index is 1.53. The van der Waals surface area contributed by atoms with Gasteiger partial charge in [0.25, 0.3) is 5.89 Å². The van der Waals surface area contributed by atoms with Crippen LogP contribution in [0, 0.1) is 18.6 Å². The maximum atomic E-state index is 13.5. The van der Waals surface area contributed by atoms with Crippen LogP contribution >= 0.6 is 0 Å². The van der Waals surface area contributed by atoms with Crippen molar-refractivity contribution in [1.29, 1.82) is 0 Å². The van der Waals surface area contributed by atoms with Crippen LogP contribution in [-0.4, -0.2) is 42.4 Å². The van der Waals surface area contributed by atoms with Crippen LogP contribution in [-0.2, 0) is 7.05 Å². The predicted octanol–water partition coefficient (Wildman–Crippen LogP) is 2.66. The van der Waals surface area contributed by atoms with E-state index in [4.69, 9.17) is 4.42 Å². The number of aryl methyl sites for hydroxylation is 2. The second kappa shape index (κ2) is 9.12. The Bertz CT molecular complexity index is 1300. The third kappa shape index (κ3) is 4.70. The fourth-order valence-corrected chi connectivity index (χ4v) is 3.04. The molecule has 4 aromatic rings. The van der Waals surface area contributed by atoms with Gasteiger partial charge in [-0.2, -0.15) is 5.10 Å². The minimum atomic E-state index is -1.09. The van der Waals surface area contributed by atoms with Crippen molar-refractivity contribution in [3.8, 4) is 11.4 Å². The second-order valence-electron chi connectivity index (χ2n) is 7.11. The van der Waals surface area contributed by atoms with Gasteiger partial charge in [-0.05, 0) is 30.2 Å². The van der Waals surface area contributed by atoms with Crippen molar-refractivity contribution < 1.29 is 23.1 Å². The number of aliphatic hydroxyl groups is 1. The molecule has 12 heteroatoms. The zero-order valence-corrected chi connectivity index (χ0v) is 17.6. The van der Waals surface area contributed by atoms with Crippen LogP contribution in [0.5, 0.6) is 0 Å². The van der Waals surface area contributed by atoms with Crippen molar-refractivity contribution in [1.82, 2.24) is 30.0 Å². The van der Waals surface area contributed by atoms with Gasteiger partial charge >= 0.3 is 5.91 Å². The van der Waals surface area contributed by atoms with Gasteiger partial charge in [0.2, 0.25) is 5.95 Å². The molecule has 0 aliphatic carbocycles. The molecule has 0 saturated heterocycles. The lowest BCUT2D eigenvalue weighted by Crippen LogP contribution is -2.31. The Morgan fingerprint density at radius 3 is 2.76 bits per heavy atom. The molecule has 0 spiro atoms. The fourth-order valence-electron chi connectivity index (χ4n) is 3.04. The van der Waals surface area contributed by atoms with Gasteiger partial charge in [0.05, 0.1) is 18.8 Å². The number of carbonyl (C=O) groups excluding carboxylic acids is 1. The number of halogens is 2. The number of rotatable bonds is 7. The molecule has 1 aromatic carbocycles. The standard InChI is InChI=1S/C21H19F2N7O3/c1-11-8-24-21(28-17-5-6-25-30(17)2)29-18(11)16-10-33-20(27-16)19(32)26-15(9-31)12-3-4-13(22)14(23)7-12/h3-8,10,15,31H,9H2,1-2H3,(H,26,32)(H,24,28,29)/t15-/m1/s1. The van der Waals surface area contributed by atoms with Crippen molar-refractivity contribution >= 4 is 17.7 Å². The van der Waals surface area contributed by atoms with Gasteiger partial charge in [-0.25, -0.2) is 23.7 Å². The zero-order chi connectivity index (χ0) is 23.5. The third-order valence-corrected chi connectivity index (χ3v) is 4.81. The highest BCUT2D eigenvalue weighted by molar-refractivity contribution is 5.90. The van der Waals surface area contributed by atoms with Crippen molar-refractivity contribution in [3.05, 3.63) is 71.6 Å². The van der Waals surface area contributed by atoms with E-state index in [1.807, 2.05) is 0 Å². The molecule has 3 aromatic heterocycles. The number of aromatic nitrogens is 5. The van der Waals surface area contributed by atoms with Crippen molar-refractivity contribution in [2.75, 3.05) is 11.9 Å². The molecule has 3 heterocycles. The third-order valence-electron chi connectivity index (χ3n) is 4.81. The molecule has 170 valence electrons. The summed E-state index contributed by atoms with van der Waals surface area (Å²) < 4.78 is 33.6. The molecule has 0 fully saturated rings. The maximum absolute atomic E-state index is 13.5. The van der Waals surface area contributed by atoms with E-state index >= 15 is 0 Å². The molecule has 4 rings (SSSR count). The summed E-state index contributed by atoms with van der Waals surface area (Å²) in [6.45, 7) is 1.24. The average molecular weight is 455 g/mol. The zero-order valence-electron chi connectivity index (χ0n) is 17.6. The number of aliphatic hydroxyl groups excluding tert-OH is 1. The Kier molecular flexibility index (Phi) is 6.09. The number of anilines is 2. The fraction of sp³-hybridized carbons (Fsp3) is 0.190. The van der Waals surface area contributed by atoms with Gasteiger partial charge in [0.1, 0.15) is 23.5 Å². The molecular weight excluding hydrogens is 436 g/mol. The topological polar surface area (TPSA) is 131 Å². The van der Waals surface area contributed by atoms with E-state index < -0.39 is 30.2 Å². The first-order valence-electron chi connectivity index (χ1n) is 9.77. The Morgan fingerprint density at radius 1 is 1.24 bits per heavy atom. The molecule has 0 bridgehead atoms. The lowest BCUT2D eigenvalue weighted by atomic mass is 10.1. The maximum Gasteiger partial charge on any atom is 0.307 e. The van der Waals surface area contributed by atoms with Gasteiger partial charge in [-0.1, -0.05) is 6.07 Å². The first kappa shape index (κ1) is 22.0. The first-order valence-corrected chi connectivity index (χ1v) is 9.77. The van der Waals surface area contributed by atoms with Crippen molar-refractivity contribution in [3.63, 3.8) is 0 Å². The molecule has 1 atom stereocenters. The predicted molar refractivity (Wildman–Crippen MR) is 112 cm³/mol. The van der Waals surface area contributed by atoms with E-state index in [9.17, 15) is 18.7 Å².